The van der Waals surface area contributed by atoms with Crippen molar-refractivity contribution in [3.05, 3.63) is 95.3 Å². The molecule has 4 nitrogen and oxygen atoms in total. The van der Waals surface area contributed by atoms with Crippen molar-refractivity contribution in [2.75, 3.05) is 0 Å². The second-order valence-electron chi connectivity index (χ2n) is 6.62. The Hall–Kier alpha value is -3.84. The number of para-hydroxylation sites is 2. The predicted octanol–water partition coefficient (Wildman–Crippen LogP) is 5.51. The number of aromatic amines is 1. The lowest BCUT2D eigenvalue weighted by atomic mass is 10.1. The standard InChI is InChI=1S/C24H19N3O/c1-17-5-4-6-19(13-17)16-28-21-11-9-18(10-12-21)14-20(15-25)24-26-22-7-2-3-8-23(22)27-24/h2-14H,16H2,1H3,(H,26,27)/b20-14+. The summed E-state index contributed by atoms with van der Waals surface area (Å²) >= 11 is 0. The molecule has 0 saturated carbocycles. The van der Waals surface area contributed by atoms with E-state index in [4.69, 9.17) is 4.74 Å². The van der Waals surface area contributed by atoms with Gasteiger partial charge < -0.3 is 9.72 Å². The summed E-state index contributed by atoms with van der Waals surface area (Å²) < 4.78 is 5.85. The first-order chi connectivity index (χ1) is 13.7. The first kappa shape index (κ1) is 17.6. The summed E-state index contributed by atoms with van der Waals surface area (Å²) in [6, 6.07) is 25.9. The van der Waals surface area contributed by atoms with Crippen molar-refractivity contribution in [2.45, 2.75) is 13.5 Å². The Morgan fingerprint density at radius 3 is 2.64 bits per heavy atom. The summed E-state index contributed by atoms with van der Waals surface area (Å²) in [4.78, 5) is 7.69. The zero-order chi connectivity index (χ0) is 19.3. The monoisotopic (exact) mass is 365 g/mol. The maximum atomic E-state index is 9.55. The fraction of sp³-hybridized carbons (Fsp3) is 0.0833. The van der Waals surface area contributed by atoms with Gasteiger partial charge in [0.15, 0.2) is 0 Å². The number of benzene rings is 3. The molecule has 0 aliphatic heterocycles. The van der Waals surface area contributed by atoms with Gasteiger partial charge in [0, 0.05) is 0 Å². The van der Waals surface area contributed by atoms with Crippen molar-refractivity contribution in [2.24, 2.45) is 0 Å². The minimum absolute atomic E-state index is 0.490. The van der Waals surface area contributed by atoms with Gasteiger partial charge in [-0.2, -0.15) is 5.26 Å². The smallest absolute Gasteiger partial charge is 0.149 e. The van der Waals surface area contributed by atoms with Gasteiger partial charge in [0.2, 0.25) is 0 Å². The van der Waals surface area contributed by atoms with Crippen LogP contribution < -0.4 is 4.74 Å². The normalized spacial score (nSPS) is 11.4. The summed E-state index contributed by atoms with van der Waals surface area (Å²) in [6.45, 7) is 2.60. The van der Waals surface area contributed by atoms with Crippen LogP contribution in [0.5, 0.6) is 5.75 Å². The van der Waals surface area contributed by atoms with Crippen LogP contribution >= 0.6 is 0 Å². The number of nitrogens with one attached hydrogen (secondary N) is 1. The van der Waals surface area contributed by atoms with Crippen molar-refractivity contribution < 1.29 is 4.74 Å². The summed E-state index contributed by atoms with van der Waals surface area (Å²) in [6.07, 6.45) is 1.82. The van der Waals surface area contributed by atoms with Gasteiger partial charge >= 0.3 is 0 Å². The largest absolute Gasteiger partial charge is 0.489 e. The number of fused-ring (bicyclic) bond motifs is 1. The van der Waals surface area contributed by atoms with Crippen LogP contribution in [0.3, 0.4) is 0 Å². The Bertz CT molecular complexity index is 1150. The van der Waals surface area contributed by atoms with Gasteiger partial charge in [-0.15, -0.1) is 0 Å². The molecule has 0 atom stereocenters. The van der Waals surface area contributed by atoms with E-state index in [-0.39, 0.29) is 0 Å². The zero-order valence-corrected chi connectivity index (χ0v) is 15.5. The number of rotatable bonds is 5. The number of aryl methyl sites for hydroxylation is 1. The molecule has 0 unspecified atom stereocenters. The average molecular weight is 365 g/mol. The summed E-state index contributed by atoms with van der Waals surface area (Å²) in [5.74, 6) is 1.37. The molecule has 28 heavy (non-hydrogen) atoms. The molecule has 0 aliphatic rings. The van der Waals surface area contributed by atoms with E-state index in [1.807, 2.05) is 60.7 Å². The number of nitriles is 1. The van der Waals surface area contributed by atoms with Crippen LogP contribution in [0.2, 0.25) is 0 Å². The number of hydrogen-bond donors (Lipinski definition) is 1. The number of allylic oxidation sites excluding steroid dienone is 1. The van der Waals surface area contributed by atoms with Gasteiger partial charge in [0.05, 0.1) is 16.6 Å². The van der Waals surface area contributed by atoms with Crippen LogP contribution in [0.25, 0.3) is 22.7 Å². The van der Waals surface area contributed by atoms with Crippen molar-refractivity contribution in [1.29, 1.82) is 5.26 Å². The molecule has 3 aromatic carbocycles. The molecule has 0 amide bonds. The quantitative estimate of drug-likeness (QED) is 0.474. The maximum Gasteiger partial charge on any atom is 0.149 e. The topological polar surface area (TPSA) is 61.7 Å². The van der Waals surface area contributed by atoms with Crippen LogP contribution in [0, 0.1) is 18.3 Å². The summed E-state index contributed by atoms with van der Waals surface area (Å²) in [5, 5.41) is 9.55. The van der Waals surface area contributed by atoms with Crippen molar-refractivity contribution in [3.63, 3.8) is 0 Å². The van der Waals surface area contributed by atoms with E-state index in [9.17, 15) is 5.26 Å². The van der Waals surface area contributed by atoms with Crippen LogP contribution in [0.1, 0.15) is 22.5 Å². The van der Waals surface area contributed by atoms with Crippen LogP contribution in [0.15, 0.2) is 72.8 Å². The molecule has 1 heterocycles. The second kappa shape index (κ2) is 7.81. The Kier molecular flexibility index (Phi) is 4.90. The number of aromatic nitrogens is 2. The van der Waals surface area contributed by atoms with Crippen molar-refractivity contribution in [3.8, 4) is 11.8 Å². The molecule has 4 rings (SSSR count). The lowest BCUT2D eigenvalue weighted by Crippen LogP contribution is -1.95. The Morgan fingerprint density at radius 1 is 1.07 bits per heavy atom. The van der Waals surface area contributed by atoms with Gasteiger partial charge in [0.25, 0.3) is 0 Å². The fourth-order valence-electron chi connectivity index (χ4n) is 3.03. The molecule has 0 saturated heterocycles. The minimum atomic E-state index is 0.490. The molecule has 0 radical (unpaired) electrons. The lowest BCUT2D eigenvalue weighted by molar-refractivity contribution is 0.306. The van der Waals surface area contributed by atoms with Crippen LogP contribution in [-0.4, -0.2) is 9.97 Å². The highest BCUT2D eigenvalue weighted by atomic mass is 16.5. The maximum absolute atomic E-state index is 9.55. The lowest BCUT2D eigenvalue weighted by Gasteiger charge is -2.07. The third-order valence-corrected chi connectivity index (χ3v) is 4.44. The molecule has 4 aromatic rings. The van der Waals surface area contributed by atoms with Crippen LogP contribution in [0.4, 0.5) is 0 Å². The third kappa shape index (κ3) is 3.94. The van der Waals surface area contributed by atoms with E-state index in [1.165, 1.54) is 5.56 Å². The number of hydrogen-bond acceptors (Lipinski definition) is 3. The first-order valence-corrected chi connectivity index (χ1v) is 9.06. The molecule has 0 bridgehead atoms. The van der Waals surface area contributed by atoms with E-state index < -0.39 is 0 Å². The van der Waals surface area contributed by atoms with Crippen LogP contribution in [-0.2, 0) is 6.61 Å². The minimum Gasteiger partial charge on any atom is -0.489 e. The number of H-pyrrole nitrogens is 1. The Labute approximate surface area is 163 Å². The zero-order valence-electron chi connectivity index (χ0n) is 15.5. The number of imidazole rings is 1. The highest BCUT2D eigenvalue weighted by molar-refractivity contribution is 5.90. The highest BCUT2D eigenvalue weighted by Crippen LogP contribution is 2.21. The second-order valence-corrected chi connectivity index (χ2v) is 6.62. The molecule has 1 N–H and O–H groups in total. The van der Waals surface area contributed by atoms with E-state index >= 15 is 0 Å². The SMILES string of the molecule is Cc1cccc(COc2ccc(/C=C(\C#N)c3nc4ccccc4[nH]3)cc2)c1. The van der Waals surface area contributed by atoms with Gasteiger partial charge in [-0.1, -0.05) is 54.1 Å². The first-order valence-electron chi connectivity index (χ1n) is 9.06. The molecular weight excluding hydrogens is 346 g/mol. The van der Waals surface area contributed by atoms with Gasteiger partial charge in [-0.25, -0.2) is 4.98 Å². The van der Waals surface area contributed by atoms with Gasteiger partial charge in [-0.05, 0) is 48.4 Å². The van der Waals surface area contributed by atoms with E-state index in [0.29, 0.717) is 18.0 Å². The van der Waals surface area contributed by atoms with Gasteiger partial charge in [0.1, 0.15) is 24.3 Å². The summed E-state index contributed by atoms with van der Waals surface area (Å²) in [7, 11) is 0. The molecule has 0 aliphatic carbocycles. The fourth-order valence-corrected chi connectivity index (χ4v) is 3.03. The molecule has 4 heteroatoms. The molecular formula is C24H19N3O. The molecule has 0 fully saturated rings. The van der Waals surface area contributed by atoms with Crippen molar-refractivity contribution >= 4 is 22.7 Å². The molecule has 1 aromatic heterocycles. The Morgan fingerprint density at radius 2 is 1.89 bits per heavy atom. The van der Waals surface area contributed by atoms with Gasteiger partial charge in [-0.3, -0.25) is 0 Å². The number of ether oxygens (including phenoxy) is 1. The van der Waals surface area contributed by atoms with E-state index in [1.54, 1.807) is 0 Å². The van der Waals surface area contributed by atoms with E-state index in [2.05, 4.69) is 41.2 Å². The average Bonchev–Trinajstić information content (AvgIpc) is 3.15. The highest BCUT2D eigenvalue weighted by Gasteiger charge is 2.07. The third-order valence-electron chi connectivity index (χ3n) is 4.44. The predicted molar refractivity (Wildman–Crippen MR) is 112 cm³/mol. The molecule has 136 valence electrons. The number of nitrogens with zero attached hydrogens (tertiary/aromatic N) is 2. The van der Waals surface area contributed by atoms with E-state index in [0.717, 1.165) is 27.9 Å². The van der Waals surface area contributed by atoms with Crippen molar-refractivity contribution in [1.82, 2.24) is 9.97 Å². The summed E-state index contributed by atoms with van der Waals surface area (Å²) in [5.41, 5.74) is 5.53. The molecule has 0 spiro atoms. The Balaban J connectivity index is 1.50.